The Balaban J connectivity index is 2.58. The molecule has 0 saturated heterocycles. The summed E-state index contributed by atoms with van der Waals surface area (Å²) in [6.07, 6.45) is 1.19. The van der Waals surface area contributed by atoms with Gasteiger partial charge in [0.25, 0.3) is 0 Å². The van der Waals surface area contributed by atoms with Gasteiger partial charge < -0.3 is 5.32 Å². The molecule has 0 spiro atoms. The summed E-state index contributed by atoms with van der Waals surface area (Å²) in [5, 5.41) is 3.33. The van der Waals surface area contributed by atoms with Crippen molar-refractivity contribution in [2.24, 2.45) is 5.92 Å². The number of aryl methyl sites for hydroxylation is 2. The summed E-state index contributed by atoms with van der Waals surface area (Å²) in [6, 6.07) is 1.98. The van der Waals surface area contributed by atoms with Crippen LogP contribution >= 0.6 is 0 Å². The zero-order valence-electron chi connectivity index (χ0n) is 9.46. The second-order valence-corrected chi connectivity index (χ2v) is 3.84. The zero-order chi connectivity index (χ0) is 10.6. The van der Waals surface area contributed by atoms with Gasteiger partial charge in [-0.3, -0.25) is 0 Å². The molecule has 1 heterocycles. The van der Waals surface area contributed by atoms with E-state index < -0.39 is 0 Å². The third kappa shape index (κ3) is 3.32. The van der Waals surface area contributed by atoms with E-state index in [9.17, 15) is 0 Å². The van der Waals surface area contributed by atoms with Crippen LogP contribution in [0, 0.1) is 19.8 Å². The SMILES string of the molecule is CCC(C)CNc1cc(C)nc(C)n1. The lowest BCUT2D eigenvalue weighted by Gasteiger charge is -2.11. The molecule has 0 aliphatic rings. The van der Waals surface area contributed by atoms with Crippen molar-refractivity contribution in [3.63, 3.8) is 0 Å². The van der Waals surface area contributed by atoms with Crippen molar-refractivity contribution < 1.29 is 0 Å². The minimum Gasteiger partial charge on any atom is -0.370 e. The Hall–Kier alpha value is -1.12. The molecule has 1 rings (SSSR count). The van der Waals surface area contributed by atoms with Crippen molar-refractivity contribution in [3.05, 3.63) is 17.6 Å². The lowest BCUT2D eigenvalue weighted by Crippen LogP contribution is -2.12. The van der Waals surface area contributed by atoms with Crippen molar-refractivity contribution in [3.8, 4) is 0 Å². The summed E-state index contributed by atoms with van der Waals surface area (Å²) in [5.74, 6) is 2.46. The molecule has 1 unspecified atom stereocenters. The predicted octanol–water partition coefficient (Wildman–Crippen LogP) is 2.55. The van der Waals surface area contributed by atoms with Crippen molar-refractivity contribution >= 4 is 5.82 Å². The average molecular weight is 193 g/mol. The second-order valence-electron chi connectivity index (χ2n) is 3.84. The van der Waals surface area contributed by atoms with E-state index in [4.69, 9.17) is 0 Å². The van der Waals surface area contributed by atoms with Crippen molar-refractivity contribution in [2.45, 2.75) is 34.1 Å². The predicted molar refractivity (Wildman–Crippen MR) is 59.5 cm³/mol. The van der Waals surface area contributed by atoms with Crippen LogP contribution in [0.15, 0.2) is 6.07 Å². The highest BCUT2D eigenvalue weighted by Crippen LogP contribution is 2.07. The Labute approximate surface area is 86.0 Å². The third-order valence-corrected chi connectivity index (χ3v) is 2.29. The first-order valence-electron chi connectivity index (χ1n) is 5.18. The van der Waals surface area contributed by atoms with Crippen LogP contribution in [0.25, 0.3) is 0 Å². The molecule has 1 aromatic rings. The zero-order valence-corrected chi connectivity index (χ0v) is 9.46. The fourth-order valence-electron chi connectivity index (χ4n) is 1.23. The Morgan fingerprint density at radius 3 is 2.64 bits per heavy atom. The van der Waals surface area contributed by atoms with E-state index in [1.165, 1.54) is 6.42 Å². The van der Waals surface area contributed by atoms with Gasteiger partial charge >= 0.3 is 0 Å². The van der Waals surface area contributed by atoms with Gasteiger partial charge in [0.15, 0.2) is 0 Å². The number of hydrogen-bond donors (Lipinski definition) is 1. The summed E-state index contributed by atoms with van der Waals surface area (Å²) in [6.45, 7) is 9.31. The molecule has 0 radical (unpaired) electrons. The summed E-state index contributed by atoms with van der Waals surface area (Å²) in [5.41, 5.74) is 1.02. The Morgan fingerprint density at radius 1 is 1.36 bits per heavy atom. The Morgan fingerprint density at radius 2 is 2.07 bits per heavy atom. The molecule has 14 heavy (non-hydrogen) atoms. The van der Waals surface area contributed by atoms with Crippen molar-refractivity contribution in [1.82, 2.24) is 9.97 Å². The average Bonchev–Trinajstić information content (AvgIpc) is 2.12. The van der Waals surface area contributed by atoms with Gasteiger partial charge in [0, 0.05) is 18.3 Å². The molecule has 0 saturated carbocycles. The minimum atomic E-state index is 0.686. The van der Waals surface area contributed by atoms with E-state index in [0.717, 1.165) is 23.9 Å². The van der Waals surface area contributed by atoms with Gasteiger partial charge in [-0.2, -0.15) is 0 Å². The summed E-state index contributed by atoms with van der Waals surface area (Å²) in [4.78, 5) is 8.55. The molecule has 1 N–H and O–H groups in total. The van der Waals surface area contributed by atoms with Crippen LogP contribution in [0.3, 0.4) is 0 Å². The first-order chi connectivity index (χ1) is 6.61. The molecule has 0 fully saturated rings. The standard InChI is InChI=1S/C11H19N3/c1-5-8(2)7-12-11-6-9(3)13-10(4)14-11/h6,8H,5,7H2,1-4H3,(H,12,13,14). The number of hydrogen-bond acceptors (Lipinski definition) is 3. The van der Waals surface area contributed by atoms with Gasteiger partial charge in [0.1, 0.15) is 11.6 Å². The van der Waals surface area contributed by atoms with Crippen LogP contribution in [-0.4, -0.2) is 16.5 Å². The van der Waals surface area contributed by atoms with Crippen LogP contribution in [0.5, 0.6) is 0 Å². The fourth-order valence-corrected chi connectivity index (χ4v) is 1.23. The van der Waals surface area contributed by atoms with E-state index in [1.807, 2.05) is 19.9 Å². The maximum Gasteiger partial charge on any atom is 0.129 e. The highest BCUT2D eigenvalue weighted by Gasteiger charge is 2.01. The van der Waals surface area contributed by atoms with Crippen molar-refractivity contribution in [1.29, 1.82) is 0 Å². The van der Waals surface area contributed by atoms with E-state index in [1.54, 1.807) is 0 Å². The molecule has 0 aliphatic heterocycles. The van der Waals surface area contributed by atoms with E-state index >= 15 is 0 Å². The topological polar surface area (TPSA) is 37.8 Å². The van der Waals surface area contributed by atoms with Gasteiger partial charge in [-0.1, -0.05) is 20.3 Å². The van der Waals surface area contributed by atoms with Crippen LogP contribution in [-0.2, 0) is 0 Å². The molecular formula is C11H19N3. The molecule has 0 bridgehead atoms. The third-order valence-electron chi connectivity index (χ3n) is 2.29. The molecule has 0 aromatic carbocycles. The number of nitrogens with one attached hydrogen (secondary N) is 1. The van der Waals surface area contributed by atoms with Gasteiger partial charge in [-0.05, 0) is 19.8 Å². The van der Waals surface area contributed by atoms with Crippen LogP contribution < -0.4 is 5.32 Å². The number of anilines is 1. The van der Waals surface area contributed by atoms with Gasteiger partial charge in [0.05, 0.1) is 0 Å². The molecule has 0 aliphatic carbocycles. The quantitative estimate of drug-likeness (QED) is 0.798. The largest absolute Gasteiger partial charge is 0.370 e. The smallest absolute Gasteiger partial charge is 0.129 e. The Kier molecular flexibility index (Phi) is 3.86. The number of aromatic nitrogens is 2. The first-order valence-corrected chi connectivity index (χ1v) is 5.18. The first kappa shape index (κ1) is 11.0. The highest BCUT2D eigenvalue weighted by atomic mass is 15.0. The highest BCUT2D eigenvalue weighted by molar-refractivity contribution is 5.35. The molecular weight excluding hydrogens is 174 g/mol. The molecule has 78 valence electrons. The monoisotopic (exact) mass is 193 g/mol. The van der Waals surface area contributed by atoms with Crippen molar-refractivity contribution in [2.75, 3.05) is 11.9 Å². The van der Waals surface area contributed by atoms with E-state index in [-0.39, 0.29) is 0 Å². The maximum absolute atomic E-state index is 4.32. The summed E-state index contributed by atoms with van der Waals surface area (Å²) < 4.78 is 0. The van der Waals surface area contributed by atoms with Crippen LogP contribution in [0.4, 0.5) is 5.82 Å². The van der Waals surface area contributed by atoms with Crippen LogP contribution in [0.1, 0.15) is 31.8 Å². The van der Waals surface area contributed by atoms with E-state index in [2.05, 4.69) is 29.1 Å². The summed E-state index contributed by atoms with van der Waals surface area (Å²) in [7, 11) is 0. The Bertz CT molecular complexity index is 276. The molecule has 0 amide bonds. The lowest BCUT2D eigenvalue weighted by atomic mass is 10.1. The summed E-state index contributed by atoms with van der Waals surface area (Å²) >= 11 is 0. The normalized spacial score (nSPS) is 12.6. The molecule has 1 atom stereocenters. The second kappa shape index (κ2) is 4.94. The molecule has 3 heteroatoms. The van der Waals surface area contributed by atoms with E-state index in [0.29, 0.717) is 5.92 Å². The fraction of sp³-hybridized carbons (Fsp3) is 0.636. The number of nitrogens with zero attached hydrogens (tertiary/aromatic N) is 2. The van der Waals surface area contributed by atoms with Gasteiger partial charge in [-0.25, -0.2) is 9.97 Å². The van der Waals surface area contributed by atoms with Gasteiger partial charge in [-0.15, -0.1) is 0 Å². The minimum absolute atomic E-state index is 0.686. The maximum atomic E-state index is 4.32. The lowest BCUT2D eigenvalue weighted by molar-refractivity contribution is 0.592. The molecule has 1 aromatic heterocycles. The van der Waals surface area contributed by atoms with Gasteiger partial charge in [0.2, 0.25) is 0 Å². The molecule has 3 nitrogen and oxygen atoms in total. The van der Waals surface area contributed by atoms with Crippen LogP contribution in [0.2, 0.25) is 0 Å². The number of rotatable bonds is 4.